The van der Waals surface area contributed by atoms with Crippen molar-refractivity contribution in [3.63, 3.8) is 0 Å². The third kappa shape index (κ3) is 17.0. The van der Waals surface area contributed by atoms with E-state index in [-0.39, 0.29) is 105 Å². The molecule has 1 aromatic heterocycles. The molecule has 0 fully saturated rings. The summed E-state index contributed by atoms with van der Waals surface area (Å²) in [4.78, 5) is 136. The number of anilines is 2. The largest absolute Gasteiger partial charge is 0.493 e. The number of ether oxygens (including phenoxy) is 6. The zero-order valence-corrected chi connectivity index (χ0v) is 59.1. The van der Waals surface area contributed by atoms with Crippen molar-refractivity contribution in [2.75, 3.05) is 44.1 Å². The van der Waals surface area contributed by atoms with Gasteiger partial charge in [-0.05, 0) is 117 Å². The molecule has 5 aliphatic heterocycles. The molecule has 5 aromatic carbocycles. The highest BCUT2D eigenvalue weighted by molar-refractivity contribution is 6.13. The monoisotopic (exact) mass is 1410 g/mol. The SMILES string of the molecule is COc1cc2c(cc1OCc1cccc(COc3cc4c(cc3OC)C(=O)N3Cc5ccccc5CC3C(O)N4C(=O)OCc3ccc(NC(=O)[C@H](C)NC(=O)[C@@H](NC(=O)C(C)(C)CCOC(C)(C)CCNC(=O)CCN4C(=O)C=CC4=O)C(C)C)cc3)n1)N=C[C@@H]1Cc3ccccc3CN1C2=O. The van der Waals surface area contributed by atoms with Crippen LogP contribution in [-0.4, -0.2) is 154 Å². The lowest BCUT2D eigenvalue weighted by atomic mass is 9.87. The van der Waals surface area contributed by atoms with Crippen LogP contribution in [0, 0.1) is 11.3 Å². The van der Waals surface area contributed by atoms with E-state index in [1.54, 1.807) is 87.2 Å². The molecule has 0 saturated heterocycles. The predicted molar refractivity (Wildman–Crippen MR) is 379 cm³/mol. The number of methoxy groups -OCH3 is 2. The molecule has 11 rings (SSSR count). The summed E-state index contributed by atoms with van der Waals surface area (Å²) in [6.07, 6.45) is 3.13. The summed E-state index contributed by atoms with van der Waals surface area (Å²) in [5, 5.41) is 23.6. The maximum atomic E-state index is 14.8. The van der Waals surface area contributed by atoms with Gasteiger partial charge in [0.05, 0.1) is 65.8 Å². The summed E-state index contributed by atoms with van der Waals surface area (Å²) >= 11 is 0. The normalized spacial score (nSPS) is 17.3. The first-order chi connectivity index (χ1) is 49.3. The molecule has 9 amide bonds. The third-order valence-corrected chi connectivity index (χ3v) is 19.1. The molecule has 26 heteroatoms. The first kappa shape index (κ1) is 73.2. The van der Waals surface area contributed by atoms with Crippen molar-refractivity contribution in [2.24, 2.45) is 16.3 Å². The molecule has 2 unspecified atom stereocenters. The number of carbonyl (C=O) groups is 9. The summed E-state index contributed by atoms with van der Waals surface area (Å²) < 4.78 is 36.4. The average Bonchev–Trinajstić information content (AvgIpc) is 1.66. The molecular weight excluding hydrogens is 1320 g/mol. The molecule has 0 bridgehead atoms. The van der Waals surface area contributed by atoms with Gasteiger partial charge in [0.15, 0.2) is 29.2 Å². The smallest absolute Gasteiger partial charge is 0.416 e. The second-order valence-corrected chi connectivity index (χ2v) is 27.7. The molecule has 0 spiro atoms. The number of fused-ring (bicyclic) bond motifs is 6. The number of aliphatic hydroxyl groups is 1. The first-order valence-corrected chi connectivity index (χ1v) is 34.3. The number of pyridine rings is 1. The Hall–Kier alpha value is -11.0. The molecule has 6 heterocycles. The molecule has 0 aliphatic carbocycles. The van der Waals surface area contributed by atoms with E-state index in [1.165, 1.54) is 51.0 Å². The average molecular weight is 1410 g/mol. The highest BCUT2D eigenvalue weighted by Gasteiger charge is 2.46. The minimum absolute atomic E-state index is 0.00450. The highest BCUT2D eigenvalue weighted by Crippen LogP contribution is 2.43. The van der Waals surface area contributed by atoms with E-state index >= 15 is 0 Å². The van der Waals surface area contributed by atoms with Gasteiger partial charge in [-0.25, -0.2) is 9.69 Å². The number of rotatable bonds is 27. The van der Waals surface area contributed by atoms with Crippen LogP contribution in [0.2, 0.25) is 0 Å². The standard InChI is InChI=1S/C77H86N10O16/c1-45(2)68(83-74(96)76(4,5)29-32-103-77(6,7)28-30-78-65(88)27-31-84-66(89)25-26-67(84)90)70(92)80-46(3)69(91)82-52-23-21-47(22-24-52)42-102-75(97)87-59-38-64(62(99-9)36-57(59)72(94)86-41-51-18-13-11-16-49(51)34-60(86)73(87)95)101-44-54-20-14-19-53(81-54)43-100-63-37-58-56(35-61(63)98-8)71(93)85-40-50-17-12-10-15-48(50)33-55(85)39-79-58/h10-26,35-39,45-46,55,60,68,73,95H,27-34,40-44H2,1-9H3,(H,78,88)(H,80,92)(H,82,91)(H,83,96)/t46-,55-,60?,68-,73?/m0/s1. The number of imide groups is 1. The molecule has 540 valence electrons. The minimum atomic E-state index is -1.61. The zero-order valence-electron chi connectivity index (χ0n) is 59.1. The van der Waals surface area contributed by atoms with Gasteiger partial charge in [0, 0.05) is 80.8 Å². The van der Waals surface area contributed by atoms with Crippen molar-refractivity contribution >= 4 is 76.6 Å². The van der Waals surface area contributed by atoms with Crippen LogP contribution in [0.15, 0.2) is 132 Å². The van der Waals surface area contributed by atoms with E-state index in [2.05, 4.69) is 27.3 Å². The summed E-state index contributed by atoms with van der Waals surface area (Å²) in [5.74, 6) is -2.72. The number of aromatic nitrogens is 1. The Morgan fingerprint density at radius 1 is 0.660 bits per heavy atom. The van der Waals surface area contributed by atoms with Crippen LogP contribution >= 0.6 is 0 Å². The summed E-state index contributed by atoms with van der Waals surface area (Å²) in [5.41, 5.74) is 5.20. The van der Waals surface area contributed by atoms with Gasteiger partial charge in [-0.1, -0.05) is 94.4 Å². The van der Waals surface area contributed by atoms with E-state index in [0.717, 1.165) is 26.5 Å². The number of nitrogens with zero attached hydrogens (tertiary/aromatic N) is 6. The van der Waals surface area contributed by atoms with Crippen LogP contribution in [0.3, 0.4) is 0 Å². The van der Waals surface area contributed by atoms with Gasteiger partial charge in [0.1, 0.15) is 31.9 Å². The Bertz CT molecular complexity index is 4310. The van der Waals surface area contributed by atoms with Crippen LogP contribution in [0.4, 0.5) is 21.9 Å². The molecule has 0 radical (unpaired) electrons. The zero-order chi connectivity index (χ0) is 73.4. The summed E-state index contributed by atoms with van der Waals surface area (Å²) in [6, 6.07) is 30.6. The van der Waals surface area contributed by atoms with Crippen LogP contribution in [0.5, 0.6) is 23.0 Å². The van der Waals surface area contributed by atoms with Gasteiger partial charge >= 0.3 is 6.09 Å². The lowest BCUT2D eigenvalue weighted by Crippen LogP contribution is -2.55. The highest BCUT2D eigenvalue weighted by atomic mass is 16.6. The molecule has 6 aromatic rings. The Morgan fingerprint density at radius 3 is 1.90 bits per heavy atom. The number of hydrogen-bond donors (Lipinski definition) is 5. The Kier molecular flexibility index (Phi) is 22.4. The van der Waals surface area contributed by atoms with Crippen molar-refractivity contribution in [2.45, 2.75) is 149 Å². The first-order valence-electron chi connectivity index (χ1n) is 34.3. The van der Waals surface area contributed by atoms with E-state index in [9.17, 15) is 48.3 Å². The molecule has 5 N–H and O–H groups in total. The van der Waals surface area contributed by atoms with Gasteiger partial charge in [-0.15, -0.1) is 0 Å². The maximum absolute atomic E-state index is 14.8. The van der Waals surface area contributed by atoms with Crippen LogP contribution in [0.1, 0.15) is 128 Å². The van der Waals surface area contributed by atoms with Gasteiger partial charge in [-0.3, -0.25) is 53.2 Å². The van der Waals surface area contributed by atoms with E-state index in [0.29, 0.717) is 71.2 Å². The Morgan fingerprint density at radius 2 is 1.26 bits per heavy atom. The fraction of sp³-hybridized carbons (Fsp3) is 0.390. The number of amides is 9. The lowest BCUT2D eigenvalue weighted by Gasteiger charge is -2.39. The summed E-state index contributed by atoms with van der Waals surface area (Å²) in [7, 11) is 2.93. The van der Waals surface area contributed by atoms with Gasteiger partial charge < -0.3 is 64.6 Å². The third-order valence-electron chi connectivity index (χ3n) is 19.1. The predicted octanol–water partition coefficient (Wildman–Crippen LogP) is 8.20. The Balaban J connectivity index is 0.696. The molecular formula is C77H86N10O16. The van der Waals surface area contributed by atoms with Gasteiger partial charge in [-0.2, -0.15) is 0 Å². The molecule has 26 nitrogen and oxygen atoms in total. The number of nitrogens with one attached hydrogen (secondary N) is 4. The number of aliphatic hydroxyl groups excluding tert-OH is 1. The van der Waals surface area contributed by atoms with E-state index in [1.807, 2.05) is 67.4 Å². The second kappa shape index (κ2) is 31.5. The van der Waals surface area contributed by atoms with Crippen LogP contribution in [0.25, 0.3) is 0 Å². The van der Waals surface area contributed by atoms with Gasteiger partial charge in [0.2, 0.25) is 23.6 Å². The number of hydrogen-bond acceptors (Lipinski definition) is 18. The molecule has 5 aliphatic rings. The molecule has 5 atom stereocenters. The number of aliphatic imine (C=N–C) groups is 1. The van der Waals surface area contributed by atoms with Crippen LogP contribution in [-0.2, 0) is 84.0 Å². The fourth-order valence-electron chi connectivity index (χ4n) is 12.8. The van der Waals surface area contributed by atoms with Crippen molar-refractivity contribution in [3.05, 3.63) is 178 Å². The minimum Gasteiger partial charge on any atom is -0.493 e. The van der Waals surface area contributed by atoms with E-state index in [4.69, 9.17) is 38.4 Å². The Labute approximate surface area is 597 Å². The van der Waals surface area contributed by atoms with Gasteiger partial charge in [0.25, 0.3) is 23.6 Å². The van der Waals surface area contributed by atoms with Crippen molar-refractivity contribution in [3.8, 4) is 23.0 Å². The van der Waals surface area contributed by atoms with E-state index < -0.39 is 76.9 Å². The molecule has 103 heavy (non-hydrogen) atoms. The quantitative estimate of drug-likeness (QED) is 0.0303. The number of carbonyl (C=O) groups excluding carboxylic acids is 9. The molecule has 0 saturated carbocycles. The second-order valence-electron chi connectivity index (χ2n) is 27.7. The number of benzene rings is 5. The lowest BCUT2D eigenvalue weighted by molar-refractivity contribution is -0.137. The maximum Gasteiger partial charge on any atom is 0.416 e. The summed E-state index contributed by atoms with van der Waals surface area (Å²) in [6.45, 7) is 12.9. The fourth-order valence-corrected chi connectivity index (χ4v) is 12.8. The van der Waals surface area contributed by atoms with Crippen molar-refractivity contribution in [1.29, 1.82) is 0 Å². The van der Waals surface area contributed by atoms with Crippen molar-refractivity contribution in [1.82, 2.24) is 35.6 Å². The topological polar surface area (TPSA) is 316 Å². The van der Waals surface area contributed by atoms with Crippen LogP contribution < -0.4 is 45.1 Å². The van der Waals surface area contributed by atoms with Crippen molar-refractivity contribution < 1.29 is 76.7 Å².